The van der Waals surface area contributed by atoms with E-state index in [4.69, 9.17) is 27.9 Å². The van der Waals surface area contributed by atoms with Crippen molar-refractivity contribution >= 4 is 68.0 Å². The van der Waals surface area contributed by atoms with E-state index in [-0.39, 0.29) is 40.6 Å². The standard InChI is InChI=1S/C23H16BrCl2N5O3S/c24-16-9-12(25)8-15(22(32)28-13-3-4-13)20(16)29-23(33)18-10-19(34-14-5-7-35-11-14)30-31(18)21-17(26)2-1-6-27-21/h1-2,5-11,13H,3-4H2,(H,28,32)(H,29,33). The highest BCUT2D eigenvalue weighted by molar-refractivity contribution is 9.10. The van der Waals surface area contributed by atoms with Crippen molar-refractivity contribution < 1.29 is 14.3 Å². The largest absolute Gasteiger partial charge is 0.437 e. The zero-order valence-electron chi connectivity index (χ0n) is 17.8. The number of pyridine rings is 1. The quantitative estimate of drug-likeness (QED) is 0.261. The van der Waals surface area contributed by atoms with Crippen molar-refractivity contribution in [2.24, 2.45) is 0 Å². The molecule has 3 aromatic heterocycles. The van der Waals surface area contributed by atoms with Gasteiger partial charge in [0.25, 0.3) is 11.8 Å². The molecule has 8 nitrogen and oxygen atoms in total. The summed E-state index contributed by atoms with van der Waals surface area (Å²) in [7, 11) is 0. The number of benzene rings is 1. The summed E-state index contributed by atoms with van der Waals surface area (Å²) in [5.41, 5.74) is 0.616. The third-order valence-corrected chi connectivity index (χ3v) is 6.83. The number of carbonyl (C=O) groups excluding carboxylic acids is 2. The Morgan fingerprint density at radius 1 is 1.17 bits per heavy atom. The summed E-state index contributed by atoms with van der Waals surface area (Å²) >= 11 is 17.4. The summed E-state index contributed by atoms with van der Waals surface area (Å²) in [6, 6.07) is 9.82. The van der Waals surface area contributed by atoms with Gasteiger partial charge in [0.05, 0.1) is 16.3 Å². The second kappa shape index (κ2) is 9.98. The van der Waals surface area contributed by atoms with Gasteiger partial charge in [-0.05, 0) is 64.5 Å². The Morgan fingerprint density at radius 3 is 2.71 bits per heavy atom. The molecule has 0 bridgehead atoms. The van der Waals surface area contributed by atoms with Gasteiger partial charge in [-0.3, -0.25) is 9.59 Å². The van der Waals surface area contributed by atoms with Crippen LogP contribution >= 0.6 is 50.5 Å². The molecule has 0 radical (unpaired) electrons. The van der Waals surface area contributed by atoms with Crippen molar-refractivity contribution in [2.45, 2.75) is 18.9 Å². The van der Waals surface area contributed by atoms with Gasteiger partial charge in [-0.25, -0.2) is 9.67 Å². The van der Waals surface area contributed by atoms with E-state index in [0.29, 0.717) is 20.3 Å². The van der Waals surface area contributed by atoms with Crippen molar-refractivity contribution in [3.05, 3.63) is 79.1 Å². The number of aromatic nitrogens is 3. The zero-order chi connectivity index (χ0) is 24.5. The number of rotatable bonds is 7. The molecular formula is C23H16BrCl2N5O3S. The minimum absolute atomic E-state index is 0.103. The van der Waals surface area contributed by atoms with Gasteiger partial charge in [-0.2, -0.15) is 0 Å². The summed E-state index contributed by atoms with van der Waals surface area (Å²) in [4.78, 5) is 30.6. The normalized spacial score (nSPS) is 12.9. The Morgan fingerprint density at radius 2 is 2.00 bits per heavy atom. The highest BCUT2D eigenvalue weighted by atomic mass is 79.9. The molecule has 1 fully saturated rings. The smallest absolute Gasteiger partial charge is 0.274 e. The lowest BCUT2D eigenvalue weighted by Gasteiger charge is -2.14. The number of hydrogen-bond acceptors (Lipinski definition) is 6. The van der Waals surface area contributed by atoms with Crippen molar-refractivity contribution in [3.63, 3.8) is 0 Å². The molecule has 3 heterocycles. The van der Waals surface area contributed by atoms with Crippen LogP contribution < -0.4 is 15.4 Å². The van der Waals surface area contributed by atoms with Crippen LogP contribution in [0.4, 0.5) is 5.69 Å². The average molecular weight is 593 g/mol. The molecule has 1 aromatic carbocycles. The summed E-state index contributed by atoms with van der Waals surface area (Å²) in [5.74, 6) is 0.133. The van der Waals surface area contributed by atoms with Gasteiger partial charge in [-0.15, -0.1) is 16.4 Å². The van der Waals surface area contributed by atoms with Crippen LogP contribution in [0.2, 0.25) is 10.0 Å². The molecule has 2 amide bonds. The van der Waals surface area contributed by atoms with Crippen molar-refractivity contribution in [2.75, 3.05) is 5.32 Å². The molecule has 0 unspecified atom stereocenters. The van der Waals surface area contributed by atoms with Crippen LogP contribution in [0.25, 0.3) is 5.82 Å². The maximum absolute atomic E-state index is 13.5. The minimum atomic E-state index is -0.553. The molecule has 5 rings (SSSR count). The number of halogens is 3. The first-order valence-corrected chi connectivity index (χ1v) is 12.9. The first-order valence-electron chi connectivity index (χ1n) is 10.4. The number of ether oxygens (including phenoxy) is 1. The molecule has 1 saturated carbocycles. The average Bonchev–Trinajstić information content (AvgIpc) is 3.31. The van der Waals surface area contributed by atoms with E-state index in [1.165, 1.54) is 28.2 Å². The fraction of sp³-hybridized carbons (Fsp3) is 0.130. The lowest BCUT2D eigenvalue weighted by atomic mass is 10.1. The number of nitrogens with one attached hydrogen (secondary N) is 2. The lowest BCUT2D eigenvalue weighted by molar-refractivity contribution is 0.0952. The summed E-state index contributed by atoms with van der Waals surface area (Å²) < 4.78 is 7.54. The fourth-order valence-corrected chi connectivity index (χ4v) is 4.91. The molecule has 0 saturated heterocycles. The van der Waals surface area contributed by atoms with E-state index in [9.17, 15) is 9.59 Å². The van der Waals surface area contributed by atoms with Gasteiger partial charge in [0.2, 0.25) is 5.88 Å². The van der Waals surface area contributed by atoms with Crippen molar-refractivity contribution in [1.82, 2.24) is 20.1 Å². The molecular weight excluding hydrogens is 577 g/mol. The van der Waals surface area contributed by atoms with Crippen LogP contribution in [0.15, 0.2) is 57.8 Å². The first kappa shape index (κ1) is 23.8. The van der Waals surface area contributed by atoms with Gasteiger partial charge in [0.15, 0.2) is 5.82 Å². The number of carbonyl (C=O) groups is 2. The van der Waals surface area contributed by atoms with E-state index < -0.39 is 5.91 Å². The molecule has 4 aromatic rings. The van der Waals surface area contributed by atoms with E-state index in [0.717, 1.165) is 12.8 Å². The van der Waals surface area contributed by atoms with Crippen LogP contribution in [0.1, 0.15) is 33.7 Å². The van der Waals surface area contributed by atoms with Crippen LogP contribution in [-0.4, -0.2) is 32.6 Å². The third-order valence-electron chi connectivity index (χ3n) is 5.03. The molecule has 2 N–H and O–H groups in total. The minimum Gasteiger partial charge on any atom is -0.437 e. The molecule has 0 aliphatic heterocycles. The van der Waals surface area contributed by atoms with E-state index >= 15 is 0 Å². The van der Waals surface area contributed by atoms with Crippen LogP contribution in [0.3, 0.4) is 0 Å². The monoisotopic (exact) mass is 591 g/mol. The number of nitrogens with zero attached hydrogens (tertiary/aromatic N) is 3. The lowest BCUT2D eigenvalue weighted by Crippen LogP contribution is -2.27. The number of amides is 2. The fourth-order valence-electron chi connectivity index (χ4n) is 3.24. The Kier molecular flexibility index (Phi) is 6.79. The molecule has 178 valence electrons. The predicted molar refractivity (Wildman–Crippen MR) is 138 cm³/mol. The Hall–Kier alpha value is -2.92. The van der Waals surface area contributed by atoms with Gasteiger partial charge >= 0.3 is 0 Å². The molecule has 0 spiro atoms. The maximum Gasteiger partial charge on any atom is 0.274 e. The number of thiophene rings is 1. The number of anilines is 1. The first-order chi connectivity index (χ1) is 16.9. The Labute approximate surface area is 222 Å². The number of hydrogen-bond donors (Lipinski definition) is 2. The van der Waals surface area contributed by atoms with Crippen LogP contribution in [0.5, 0.6) is 11.6 Å². The maximum atomic E-state index is 13.5. The molecule has 12 heteroatoms. The SMILES string of the molecule is O=C(NC1CC1)c1cc(Cl)cc(Br)c1NC(=O)c1cc(Oc2ccsc2)nn1-c1ncccc1Cl. The van der Waals surface area contributed by atoms with E-state index in [1.54, 1.807) is 30.5 Å². The Balaban J connectivity index is 1.52. The molecule has 1 aliphatic carbocycles. The van der Waals surface area contributed by atoms with Crippen LogP contribution in [-0.2, 0) is 0 Å². The summed E-state index contributed by atoms with van der Waals surface area (Å²) in [6.45, 7) is 0. The molecule has 0 atom stereocenters. The predicted octanol–water partition coefficient (Wildman–Crippen LogP) is 6.33. The highest BCUT2D eigenvalue weighted by Crippen LogP contribution is 2.33. The summed E-state index contributed by atoms with van der Waals surface area (Å²) in [6.07, 6.45) is 3.39. The van der Waals surface area contributed by atoms with E-state index in [2.05, 4.69) is 36.6 Å². The van der Waals surface area contributed by atoms with Crippen molar-refractivity contribution in [3.8, 4) is 17.4 Å². The van der Waals surface area contributed by atoms with Gasteiger partial charge in [0.1, 0.15) is 11.4 Å². The second-order valence-corrected chi connectivity index (χ2v) is 10.1. The second-order valence-electron chi connectivity index (χ2n) is 7.66. The highest BCUT2D eigenvalue weighted by Gasteiger charge is 2.27. The van der Waals surface area contributed by atoms with Crippen molar-refractivity contribution in [1.29, 1.82) is 0 Å². The van der Waals surface area contributed by atoms with Crippen LogP contribution in [0, 0.1) is 0 Å². The molecule has 1 aliphatic rings. The molecule has 35 heavy (non-hydrogen) atoms. The van der Waals surface area contributed by atoms with E-state index in [1.807, 2.05) is 10.8 Å². The Bertz CT molecular complexity index is 1420. The summed E-state index contributed by atoms with van der Waals surface area (Å²) in [5, 5.41) is 14.4. The third kappa shape index (κ3) is 5.35. The van der Waals surface area contributed by atoms with Gasteiger partial charge < -0.3 is 15.4 Å². The van der Waals surface area contributed by atoms with Gasteiger partial charge in [0, 0.05) is 33.2 Å². The topological polar surface area (TPSA) is 98.1 Å². The zero-order valence-corrected chi connectivity index (χ0v) is 21.7. The van der Waals surface area contributed by atoms with Gasteiger partial charge in [-0.1, -0.05) is 23.2 Å².